The third kappa shape index (κ3) is 9.36. The minimum atomic E-state index is -3.00. The number of esters is 5. The summed E-state index contributed by atoms with van der Waals surface area (Å²) < 4.78 is 43.8. The Morgan fingerprint density at radius 1 is 1.02 bits per heavy atom. The van der Waals surface area contributed by atoms with E-state index in [0.717, 1.165) is 34.8 Å². The molecule has 2 heterocycles. The zero-order valence-electron chi connectivity index (χ0n) is 28.0. The van der Waals surface area contributed by atoms with Crippen molar-refractivity contribution in [2.45, 2.75) is 89.8 Å². The Morgan fingerprint density at radius 3 is 2.28 bits per heavy atom. The van der Waals surface area contributed by atoms with E-state index in [4.69, 9.17) is 44.0 Å². The van der Waals surface area contributed by atoms with Crippen molar-refractivity contribution < 1.29 is 71.4 Å². The molecule has 17 nitrogen and oxygen atoms in total. The highest BCUT2D eigenvalue weighted by Crippen LogP contribution is 2.39. The van der Waals surface area contributed by atoms with E-state index in [1.165, 1.54) is 24.3 Å². The van der Waals surface area contributed by atoms with E-state index < -0.39 is 90.3 Å². The molecule has 50 heavy (non-hydrogen) atoms. The summed E-state index contributed by atoms with van der Waals surface area (Å²) in [7, 11) is 0.918. The molecule has 0 spiro atoms. The number of fused-ring (bicyclic) bond motifs is 1. The topological polar surface area (TPSA) is 229 Å². The maximum Gasteiger partial charge on any atom is 0.382 e. The molecule has 1 aliphatic rings. The molecule has 0 bridgehead atoms. The van der Waals surface area contributed by atoms with E-state index in [9.17, 15) is 38.7 Å². The number of ether oxygens (including phenoxy) is 7. The van der Waals surface area contributed by atoms with Crippen molar-refractivity contribution in [3.05, 3.63) is 40.2 Å². The number of aliphatic hydroxyl groups is 1. The quantitative estimate of drug-likeness (QED) is 0.124. The van der Waals surface area contributed by atoms with Crippen LogP contribution in [0.5, 0.6) is 5.75 Å². The summed E-state index contributed by atoms with van der Waals surface area (Å²) in [4.78, 5) is 87.9. The van der Waals surface area contributed by atoms with E-state index in [1.807, 2.05) is 0 Å². The Balaban J connectivity index is 2.33. The number of aliphatic hydroxyl groups excluding tert-OH is 1. The predicted octanol–water partition coefficient (Wildman–Crippen LogP) is 0.366. The molecule has 1 fully saturated rings. The molecule has 1 amide bonds. The number of rotatable bonds is 13. The van der Waals surface area contributed by atoms with Crippen molar-refractivity contribution in [1.82, 2.24) is 5.32 Å². The van der Waals surface area contributed by atoms with Crippen LogP contribution in [0.3, 0.4) is 0 Å². The van der Waals surface area contributed by atoms with Crippen LogP contribution in [0.25, 0.3) is 11.0 Å². The smallest absolute Gasteiger partial charge is 0.382 e. The van der Waals surface area contributed by atoms with Gasteiger partial charge in [-0.25, -0.2) is 9.59 Å². The lowest BCUT2D eigenvalue weighted by Crippen LogP contribution is -2.76. The van der Waals surface area contributed by atoms with Crippen molar-refractivity contribution in [3.8, 4) is 18.1 Å². The molecular formula is C33H37NO16. The summed E-state index contributed by atoms with van der Waals surface area (Å²) in [6.45, 7) is 4.91. The SMILES string of the molecule is C#CCCC(=O)N[C@@H]1C(OC(C)=O)C(O)[C@](Oc2ccc3c(C)cc(=O)oc3c2)(C(=O)OC)OC1[C@H](OC(C)=O)[C@@H](COC(C)=O)OC(C)=O. The predicted molar refractivity (Wildman–Crippen MR) is 167 cm³/mol. The molecule has 7 atom stereocenters. The summed E-state index contributed by atoms with van der Waals surface area (Å²) in [6.07, 6.45) is -4.74. The van der Waals surface area contributed by atoms with Crippen LogP contribution in [0.2, 0.25) is 0 Å². The molecule has 0 saturated carbocycles. The molecule has 1 aliphatic heterocycles. The molecule has 1 aromatic carbocycles. The highest BCUT2D eigenvalue weighted by atomic mass is 16.8. The number of methoxy groups -OCH3 is 1. The Kier molecular flexibility index (Phi) is 13.1. The summed E-state index contributed by atoms with van der Waals surface area (Å²) >= 11 is 0. The van der Waals surface area contributed by atoms with Gasteiger partial charge in [-0.2, -0.15) is 0 Å². The van der Waals surface area contributed by atoms with Crippen molar-refractivity contribution in [3.63, 3.8) is 0 Å². The molecule has 17 heteroatoms. The van der Waals surface area contributed by atoms with Gasteiger partial charge in [0, 0.05) is 58.1 Å². The maximum atomic E-state index is 13.7. The van der Waals surface area contributed by atoms with Crippen LogP contribution < -0.4 is 15.7 Å². The van der Waals surface area contributed by atoms with Crippen molar-refractivity contribution in [2.24, 2.45) is 0 Å². The molecule has 3 rings (SSSR count). The standard InChI is InChI=1S/C33H37NO16/c1-8-9-10-25(39)34-27-29(28(46-19(5)37)24(45-18(4)36)15-44-17(3)35)50-33(32(42)43-7,31(41)30(27)47-20(6)38)49-21-11-12-22-16(2)13-26(40)48-23(22)14-21/h1,11-14,24,27-31,41H,9-10,15H2,2-7H3,(H,34,39)/t24-,27+,28-,29?,30?,31?,33-/m1/s1. The van der Waals surface area contributed by atoms with E-state index >= 15 is 0 Å². The lowest BCUT2D eigenvalue weighted by Gasteiger charge is -2.50. The molecule has 0 radical (unpaired) electrons. The number of terminal acetylenes is 1. The fourth-order valence-electron chi connectivity index (χ4n) is 5.29. The van der Waals surface area contributed by atoms with Crippen LogP contribution in [0, 0.1) is 19.3 Å². The van der Waals surface area contributed by atoms with Gasteiger partial charge in [-0.3, -0.25) is 24.0 Å². The Labute approximate surface area is 285 Å². The monoisotopic (exact) mass is 703 g/mol. The van der Waals surface area contributed by atoms with Crippen LogP contribution in [0.15, 0.2) is 33.5 Å². The van der Waals surface area contributed by atoms with Crippen molar-refractivity contribution in [1.29, 1.82) is 0 Å². The second kappa shape index (κ2) is 16.8. The van der Waals surface area contributed by atoms with Crippen molar-refractivity contribution in [2.75, 3.05) is 13.7 Å². The number of hydrogen-bond donors (Lipinski definition) is 2. The van der Waals surface area contributed by atoms with E-state index in [0.29, 0.717) is 10.9 Å². The number of nitrogens with one attached hydrogen (secondary N) is 1. The lowest BCUT2D eigenvalue weighted by molar-refractivity contribution is -0.325. The number of carbonyl (C=O) groups is 6. The molecule has 1 saturated heterocycles. The fraction of sp³-hybridized carbons (Fsp3) is 0.485. The second-order valence-corrected chi connectivity index (χ2v) is 11.1. The van der Waals surface area contributed by atoms with Gasteiger partial charge in [0.1, 0.15) is 24.0 Å². The van der Waals surface area contributed by atoms with E-state index in [-0.39, 0.29) is 24.2 Å². The minimum Gasteiger partial charge on any atom is -0.464 e. The summed E-state index contributed by atoms with van der Waals surface area (Å²) in [5.41, 5.74) is -0.138. The summed E-state index contributed by atoms with van der Waals surface area (Å²) in [5, 5.41) is 14.9. The van der Waals surface area contributed by atoms with Crippen LogP contribution >= 0.6 is 0 Å². The normalized spacial score (nSPS) is 22.5. The first-order valence-corrected chi connectivity index (χ1v) is 15.1. The first-order valence-electron chi connectivity index (χ1n) is 15.1. The lowest BCUT2D eigenvalue weighted by atomic mass is 9.85. The molecule has 2 N–H and O–H groups in total. The highest BCUT2D eigenvalue weighted by Gasteiger charge is 2.66. The third-order valence-corrected chi connectivity index (χ3v) is 7.27. The third-order valence-electron chi connectivity index (χ3n) is 7.27. The van der Waals surface area contributed by atoms with Gasteiger partial charge in [-0.15, -0.1) is 12.3 Å². The number of hydrogen-bond acceptors (Lipinski definition) is 16. The van der Waals surface area contributed by atoms with Crippen LogP contribution in [0.1, 0.15) is 46.1 Å². The van der Waals surface area contributed by atoms with Gasteiger partial charge in [0.05, 0.1) is 13.2 Å². The molecular weight excluding hydrogens is 666 g/mol. The maximum absolute atomic E-state index is 13.7. The fourth-order valence-corrected chi connectivity index (χ4v) is 5.29. The molecule has 3 unspecified atom stereocenters. The molecule has 2 aromatic rings. The highest BCUT2D eigenvalue weighted by molar-refractivity contribution is 5.83. The van der Waals surface area contributed by atoms with Crippen LogP contribution in [-0.2, 0) is 57.2 Å². The van der Waals surface area contributed by atoms with Crippen LogP contribution in [0.4, 0.5) is 0 Å². The average Bonchev–Trinajstić information content (AvgIpc) is 3.02. The minimum absolute atomic E-state index is 0.0126. The number of aryl methyl sites for hydroxylation is 1. The van der Waals surface area contributed by atoms with Gasteiger partial charge in [-0.1, -0.05) is 0 Å². The Morgan fingerprint density at radius 2 is 1.70 bits per heavy atom. The van der Waals surface area contributed by atoms with Gasteiger partial charge in [0.2, 0.25) is 5.91 Å². The summed E-state index contributed by atoms with van der Waals surface area (Å²) in [6, 6.07) is 3.59. The number of carbonyl (C=O) groups excluding carboxylic acids is 6. The average molecular weight is 704 g/mol. The first-order chi connectivity index (χ1) is 23.5. The molecule has 1 aromatic heterocycles. The van der Waals surface area contributed by atoms with Gasteiger partial charge in [0.25, 0.3) is 0 Å². The molecule has 0 aliphatic carbocycles. The van der Waals surface area contributed by atoms with E-state index in [2.05, 4.69) is 11.2 Å². The Bertz CT molecular complexity index is 1730. The van der Waals surface area contributed by atoms with Crippen molar-refractivity contribution >= 4 is 46.7 Å². The van der Waals surface area contributed by atoms with Gasteiger partial charge >= 0.3 is 41.3 Å². The first kappa shape index (κ1) is 39.0. The largest absolute Gasteiger partial charge is 0.464 e. The number of amides is 1. The summed E-state index contributed by atoms with van der Waals surface area (Å²) in [5.74, 6) is -6.92. The van der Waals surface area contributed by atoms with Gasteiger partial charge in [0.15, 0.2) is 24.4 Å². The number of benzene rings is 1. The van der Waals surface area contributed by atoms with Gasteiger partial charge in [-0.05, 0) is 24.6 Å². The second-order valence-electron chi connectivity index (χ2n) is 11.1. The zero-order valence-corrected chi connectivity index (χ0v) is 28.0. The van der Waals surface area contributed by atoms with E-state index in [1.54, 1.807) is 6.92 Å². The molecule has 270 valence electrons. The zero-order chi connectivity index (χ0) is 37.3. The Hall–Kier alpha value is -5.47. The van der Waals surface area contributed by atoms with Gasteiger partial charge < -0.3 is 48.0 Å². The van der Waals surface area contributed by atoms with Crippen LogP contribution in [-0.4, -0.2) is 96.9 Å².